The van der Waals surface area contributed by atoms with Gasteiger partial charge in [-0.2, -0.15) is 5.26 Å². The number of rotatable bonds is 7. The number of nitrogens with two attached hydrogens (primary N) is 1. The number of aryl methyl sites for hydroxylation is 1. The topological polar surface area (TPSA) is 119 Å². The molecule has 0 saturated heterocycles. The van der Waals surface area contributed by atoms with Gasteiger partial charge in [0.1, 0.15) is 22.6 Å². The Kier molecular flexibility index (Phi) is 7.03. The molecule has 0 aliphatic heterocycles. The molecule has 2 aromatic carbocycles. The van der Waals surface area contributed by atoms with Gasteiger partial charge in [-0.05, 0) is 19.9 Å². The van der Waals surface area contributed by atoms with Crippen molar-refractivity contribution in [2.24, 2.45) is 0 Å². The third kappa shape index (κ3) is 4.68. The molecule has 0 bridgehead atoms. The summed E-state index contributed by atoms with van der Waals surface area (Å²) in [6.45, 7) is 3.35. The maximum atomic E-state index is 12.9. The van der Waals surface area contributed by atoms with Gasteiger partial charge in [-0.1, -0.05) is 48.0 Å². The standard InChI is InChI=1S/C24H20N2O5S/c1-3-30-24(29)21-19(18(12-25)22(26)32-21)13-31-23(28)17-7-5-4-6-16(17)20(27)15-10-8-14(2)9-11-15/h4-11H,3,13,26H2,1-2H3. The molecule has 0 aliphatic rings. The minimum atomic E-state index is -0.760. The molecular formula is C24H20N2O5S. The first kappa shape index (κ1) is 22.7. The molecule has 0 fully saturated rings. The van der Waals surface area contributed by atoms with Gasteiger partial charge in [0.25, 0.3) is 0 Å². The van der Waals surface area contributed by atoms with Crippen molar-refractivity contribution in [1.82, 2.24) is 0 Å². The Morgan fingerprint density at radius 1 is 1.00 bits per heavy atom. The lowest BCUT2D eigenvalue weighted by Crippen LogP contribution is -2.14. The van der Waals surface area contributed by atoms with Gasteiger partial charge < -0.3 is 15.2 Å². The fourth-order valence-electron chi connectivity index (χ4n) is 3.04. The zero-order chi connectivity index (χ0) is 23.3. The lowest BCUT2D eigenvalue weighted by Gasteiger charge is -2.10. The van der Waals surface area contributed by atoms with Crippen LogP contribution in [0.15, 0.2) is 48.5 Å². The summed E-state index contributed by atoms with van der Waals surface area (Å²) in [6.07, 6.45) is 0. The number of nitriles is 1. The van der Waals surface area contributed by atoms with Gasteiger partial charge in [0.15, 0.2) is 5.78 Å². The molecule has 0 aliphatic carbocycles. The Bertz CT molecular complexity index is 1220. The van der Waals surface area contributed by atoms with E-state index < -0.39 is 11.9 Å². The number of hydrogen-bond acceptors (Lipinski definition) is 8. The van der Waals surface area contributed by atoms with E-state index in [2.05, 4.69) is 0 Å². The van der Waals surface area contributed by atoms with Gasteiger partial charge in [-0.3, -0.25) is 4.79 Å². The number of nitrogen functional groups attached to an aromatic ring is 1. The van der Waals surface area contributed by atoms with E-state index in [4.69, 9.17) is 15.2 Å². The van der Waals surface area contributed by atoms with Crippen LogP contribution in [0.25, 0.3) is 0 Å². The summed E-state index contributed by atoms with van der Waals surface area (Å²) in [5.74, 6) is -1.72. The van der Waals surface area contributed by atoms with Crippen molar-refractivity contribution in [2.75, 3.05) is 12.3 Å². The van der Waals surface area contributed by atoms with Crippen LogP contribution in [-0.4, -0.2) is 24.3 Å². The average Bonchev–Trinajstić information content (AvgIpc) is 3.12. The number of ether oxygens (including phenoxy) is 2. The molecule has 32 heavy (non-hydrogen) atoms. The van der Waals surface area contributed by atoms with Crippen LogP contribution in [0.5, 0.6) is 0 Å². The van der Waals surface area contributed by atoms with E-state index in [-0.39, 0.29) is 51.1 Å². The number of benzene rings is 2. The Morgan fingerprint density at radius 3 is 2.28 bits per heavy atom. The maximum absolute atomic E-state index is 12.9. The van der Waals surface area contributed by atoms with Crippen LogP contribution in [0.4, 0.5) is 5.00 Å². The third-order valence-corrected chi connectivity index (χ3v) is 5.70. The van der Waals surface area contributed by atoms with E-state index in [9.17, 15) is 19.6 Å². The number of carbonyl (C=O) groups is 3. The van der Waals surface area contributed by atoms with Gasteiger partial charge in [0.2, 0.25) is 0 Å². The zero-order valence-electron chi connectivity index (χ0n) is 17.5. The van der Waals surface area contributed by atoms with Crippen LogP contribution in [0.3, 0.4) is 0 Å². The number of ketones is 1. The molecule has 0 unspecified atom stereocenters. The van der Waals surface area contributed by atoms with E-state index in [1.165, 1.54) is 6.07 Å². The van der Waals surface area contributed by atoms with Crippen molar-refractivity contribution in [3.05, 3.63) is 86.8 Å². The van der Waals surface area contributed by atoms with Crippen molar-refractivity contribution < 1.29 is 23.9 Å². The molecule has 0 saturated carbocycles. The number of anilines is 1. The van der Waals surface area contributed by atoms with E-state index in [1.807, 2.05) is 25.1 Å². The number of hydrogen-bond donors (Lipinski definition) is 1. The Balaban J connectivity index is 1.87. The second-order valence-corrected chi connectivity index (χ2v) is 7.85. The summed E-state index contributed by atoms with van der Waals surface area (Å²) in [5, 5.41) is 9.54. The highest BCUT2D eigenvalue weighted by Crippen LogP contribution is 2.32. The van der Waals surface area contributed by atoms with Crippen LogP contribution in [0.2, 0.25) is 0 Å². The van der Waals surface area contributed by atoms with E-state index in [0.717, 1.165) is 16.9 Å². The van der Waals surface area contributed by atoms with E-state index in [1.54, 1.807) is 37.3 Å². The van der Waals surface area contributed by atoms with Crippen LogP contribution in [-0.2, 0) is 16.1 Å². The van der Waals surface area contributed by atoms with Crippen molar-refractivity contribution in [3.63, 3.8) is 0 Å². The first-order valence-corrected chi connectivity index (χ1v) is 10.5. The number of thiophene rings is 1. The molecule has 2 N–H and O–H groups in total. The third-order valence-electron chi connectivity index (χ3n) is 4.66. The van der Waals surface area contributed by atoms with Gasteiger partial charge in [0, 0.05) is 16.7 Å². The SMILES string of the molecule is CCOC(=O)c1sc(N)c(C#N)c1COC(=O)c1ccccc1C(=O)c1ccc(C)cc1. The molecule has 8 heteroatoms. The summed E-state index contributed by atoms with van der Waals surface area (Å²) in [6, 6.07) is 15.3. The molecular weight excluding hydrogens is 428 g/mol. The summed E-state index contributed by atoms with van der Waals surface area (Å²) in [4.78, 5) is 38.1. The first-order chi connectivity index (χ1) is 15.4. The molecule has 0 radical (unpaired) electrons. The maximum Gasteiger partial charge on any atom is 0.348 e. The average molecular weight is 449 g/mol. The van der Waals surface area contributed by atoms with E-state index >= 15 is 0 Å². The molecule has 0 amide bonds. The van der Waals surface area contributed by atoms with Crippen molar-refractivity contribution in [2.45, 2.75) is 20.5 Å². The van der Waals surface area contributed by atoms with Gasteiger partial charge >= 0.3 is 11.9 Å². The normalized spacial score (nSPS) is 10.3. The van der Waals surface area contributed by atoms with Gasteiger partial charge in [-0.25, -0.2) is 9.59 Å². The summed E-state index contributed by atoms with van der Waals surface area (Å²) >= 11 is 0.903. The molecule has 0 atom stereocenters. The minimum Gasteiger partial charge on any atom is -0.462 e. The largest absolute Gasteiger partial charge is 0.462 e. The highest BCUT2D eigenvalue weighted by atomic mass is 32.1. The lowest BCUT2D eigenvalue weighted by atomic mass is 9.98. The summed E-state index contributed by atoms with van der Waals surface area (Å²) in [5.41, 5.74) is 7.82. The van der Waals surface area contributed by atoms with Crippen molar-refractivity contribution >= 4 is 34.1 Å². The highest BCUT2D eigenvalue weighted by Gasteiger charge is 2.25. The number of esters is 2. The highest BCUT2D eigenvalue weighted by molar-refractivity contribution is 7.18. The molecule has 7 nitrogen and oxygen atoms in total. The van der Waals surface area contributed by atoms with Gasteiger partial charge in [-0.15, -0.1) is 11.3 Å². The second kappa shape index (κ2) is 9.90. The first-order valence-electron chi connectivity index (χ1n) is 9.73. The number of nitrogens with zero attached hydrogens (tertiary/aromatic N) is 1. The number of carbonyl (C=O) groups excluding carboxylic acids is 3. The predicted molar refractivity (Wildman–Crippen MR) is 120 cm³/mol. The molecule has 3 rings (SSSR count). The molecule has 0 spiro atoms. The molecule has 1 heterocycles. The van der Waals surface area contributed by atoms with Crippen LogP contribution in [0.1, 0.15) is 59.6 Å². The summed E-state index contributed by atoms with van der Waals surface area (Å²) < 4.78 is 10.4. The zero-order valence-corrected chi connectivity index (χ0v) is 18.3. The fourth-order valence-corrected chi connectivity index (χ4v) is 3.96. The van der Waals surface area contributed by atoms with E-state index in [0.29, 0.717) is 5.56 Å². The minimum absolute atomic E-state index is 0.0647. The van der Waals surface area contributed by atoms with Crippen molar-refractivity contribution in [3.8, 4) is 6.07 Å². The predicted octanol–water partition coefficient (Wildman–Crippen LogP) is 4.28. The summed E-state index contributed by atoms with van der Waals surface area (Å²) in [7, 11) is 0. The molecule has 162 valence electrons. The Hall–Kier alpha value is -3.96. The Labute approximate surface area is 189 Å². The monoisotopic (exact) mass is 448 g/mol. The van der Waals surface area contributed by atoms with Crippen molar-refractivity contribution in [1.29, 1.82) is 5.26 Å². The smallest absolute Gasteiger partial charge is 0.348 e. The van der Waals surface area contributed by atoms with Crippen LogP contribution >= 0.6 is 11.3 Å². The second-order valence-electron chi connectivity index (χ2n) is 6.80. The quantitative estimate of drug-likeness (QED) is 0.423. The van der Waals surface area contributed by atoms with Crippen LogP contribution in [0, 0.1) is 18.3 Å². The van der Waals surface area contributed by atoms with Crippen LogP contribution < -0.4 is 5.73 Å². The molecule has 3 aromatic rings. The van der Waals surface area contributed by atoms with Gasteiger partial charge in [0.05, 0.1) is 17.7 Å². The lowest BCUT2D eigenvalue weighted by molar-refractivity contribution is 0.0451. The Morgan fingerprint density at radius 2 is 1.66 bits per heavy atom. The fraction of sp³-hybridized carbons (Fsp3) is 0.167. The molecule has 1 aromatic heterocycles.